The molecule has 4 rings (SSSR count). The van der Waals surface area contributed by atoms with Gasteiger partial charge in [0.05, 0.1) is 6.20 Å². The topological polar surface area (TPSA) is 95.0 Å². The van der Waals surface area contributed by atoms with Crippen LogP contribution >= 0.6 is 23.2 Å². The predicted octanol–water partition coefficient (Wildman–Crippen LogP) is 3.42. The number of piperidine rings is 1. The maximum absolute atomic E-state index is 6.16. The Kier molecular flexibility index (Phi) is 5.03. The molecule has 1 fully saturated rings. The fourth-order valence-electron chi connectivity index (χ4n) is 3.26. The highest BCUT2D eigenvalue weighted by molar-refractivity contribution is 6.42. The maximum Gasteiger partial charge on any atom is 0.266 e. The van der Waals surface area contributed by atoms with E-state index in [-0.39, 0.29) is 15.6 Å². The molecule has 28 heavy (non-hydrogen) atoms. The van der Waals surface area contributed by atoms with Gasteiger partial charge in [-0.15, -0.1) is 5.10 Å². The van der Waals surface area contributed by atoms with Gasteiger partial charge in [0.15, 0.2) is 22.1 Å². The van der Waals surface area contributed by atoms with E-state index >= 15 is 0 Å². The summed E-state index contributed by atoms with van der Waals surface area (Å²) >= 11 is 12.1. The van der Waals surface area contributed by atoms with Gasteiger partial charge in [-0.05, 0) is 24.8 Å². The van der Waals surface area contributed by atoms with E-state index in [0.29, 0.717) is 29.3 Å². The molecule has 1 saturated heterocycles. The number of hydrogen-bond acceptors (Lipinski definition) is 7. The molecule has 0 unspecified atom stereocenters. The lowest BCUT2D eigenvalue weighted by atomic mass is 9.80. The Bertz CT molecular complexity index is 1010. The number of nitrogens with two attached hydrogens (primary N) is 1. The minimum atomic E-state index is 0.169. The van der Waals surface area contributed by atoms with E-state index in [9.17, 15) is 0 Å². The minimum absolute atomic E-state index is 0.169. The van der Waals surface area contributed by atoms with Crippen LogP contribution in [0.1, 0.15) is 19.8 Å². The van der Waals surface area contributed by atoms with Crippen molar-refractivity contribution in [1.29, 1.82) is 0 Å². The summed E-state index contributed by atoms with van der Waals surface area (Å²) in [6.45, 7) is 4.75. The highest BCUT2D eigenvalue weighted by Gasteiger charge is 2.29. The average molecular weight is 422 g/mol. The lowest BCUT2D eigenvalue weighted by Gasteiger charge is -2.39. The number of halogens is 2. The monoisotopic (exact) mass is 421 g/mol. The summed E-state index contributed by atoms with van der Waals surface area (Å²) in [6.07, 6.45) is 5.33. The first kappa shape index (κ1) is 19.2. The number of fused-ring (bicyclic) bond motifs is 1. The highest BCUT2D eigenvalue weighted by Crippen LogP contribution is 2.35. The first-order valence-electron chi connectivity index (χ1n) is 9.03. The van der Waals surface area contributed by atoms with Crippen LogP contribution in [0.25, 0.3) is 11.2 Å². The normalized spacial score (nSPS) is 16.5. The first-order chi connectivity index (χ1) is 13.4. The fourth-order valence-corrected chi connectivity index (χ4v) is 3.56. The SMILES string of the molecule is Cn1nc(Oc2ccnc(Cl)c2Cl)c2ncc(N3CCC(C)(CN)CC3)nc21. The van der Waals surface area contributed by atoms with Crippen molar-refractivity contribution >= 4 is 40.2 Å². The zero-order chi connectivity index (χ0) is 19.9. The van der Waals surface area contributed by atoms with Crippen LogP contribution < -0.4 is 15.4 Å². The Morgan fingerprint density at radius 2 is 2.00 bits per heavy atom. The van der Waals surface area contributed by atoms with Gasteiger partial charge in [0.1, 0.15) is 10.8 Å². The van der Waals surface area contributed by atoms with Crippen LogP contribution in [0.15, 0.2) is 18.5 Å². The molecule has 0 bridgehead atoms. The van der Waals surface area contributed by atoms with Gasteiger partial charge in [0, 0.05) is 32.4 Å². The van der Waals surface area contributed by atoms with Crippen molar-refractivity contribution in [1.82, 2.24) is 24.7 Å². The third-order valence-electron chi connectivity index (χ3n) is 5.30. The van der Waals surface area contributed by atoms with E-state index < -0.39 is 0 Å². The number of hydrogen-bond donors (Lipinski definition) is 1. The molecule has 0 saturated carbocycles. The Hall–Kier alpha value is -2.16. The molecule has 0 radical (unpaired) electrons. The van der Waals surface area contributed by atoms with Gasteiger partial charge in [-0.3, -0.25) is 0 Å². The van der Waals surface area contributed by atoms with Crippen molar-refractivity contribution in [2.75, 3.05) is 24.5 Å². The molecule has 8 nitrogen and oxygen atoms in total. The summed E-state index contributed by atoms with van der Waals surface area (Å²) in [7, 11) is 1.80. The van der Waals surface area contributed by atoms with Gasteiger partial charge in [0.25, 0.3) is 5.88 Å². The quantitative estimate of drug-likeness (QED) is 0.644. The summed E-state index contributed by atoms with van der Waals surface area (Å²) in [5.74, 6) is 1.51. The van der Waals surface area contributed by atoms with E-state index in [0.717, 1.165) is 31.7 Å². The second-order valence-electron chi connectivity index (χ2n) is 7.35. The third kappa shape index (κ3) is 3.47. The smallest absolute Gasteiger partial charge is 0.266 e. The number of anilines is 1. The summed E-state index contributed by atoms with van der Waals surface area (Å²) in [6, 6.07) is 1.62. The molecule has 0 aliphatic carbocycles. The van der Waals surface area contributed by atoms with E-state index in [1.165, 1.54) is 6.20 Å². The lowest BCUT2D eigenvalue weighted by Crippen LogP contribution is -2.42. The van der Waals surface area contributed by atoms with E-state index in [2.05, 4.69) is 26.9 Å². The zero-order valence-corrected chi connectivity index (χ0v) is 17.2. The predicted molar refractivity (Wildman–Crippen MR) is 109 cm³/mol. The molecule has 0 aromatic carbocycles. The van der Waals surface area contributed by atoms with Gasteiger partial charge >= 0.3 is 0 Å². The molecule has 0 atom stereocenters. The summed E-state index contributed by atoms with van der Waals surface area (Å²) in [4.78, 5) is 15.5. The van der Waals surface area contributed by atoms with E-state index in [1.807, 2.05) is 0 Å². The van der Waals surface area contributed by atoms with Crippen LogP contribution in [0, 0.1) is 5.41 Å². The number of aromatic nitrogens is 5. The first-order valence-corrected chi connectivity index (χ1v) is 9.78. The number of aryl methyl sites for hydroxylation is 1. The molecule has 4 heterocycles. The second-order valence-corrected chi connectivity index (χ2v) is 8.08. The zero-order valence-electron chi connectivity index (χ0n) is 15.7. The lowest BCUT2D eigenvalue weighted by molar-refractivity contribution is 0.258. The maximum atomic E-state index is 6.16. The summed E-state index contributed by atoms with van der Waals surface area (Å²) in [5, 5.41) is 4.79. The van der Waals surface area contributed by atoms with Crippen LogP contribution in [0.2, 0.25) is 10.2 Å². The van der Waals surface area contributed by atoms with E-state index in [4.69, 9.17) is 38.7 Å². The van der Waals surface area contributed by atoms with Gasteiger partial charge in [0.2, 0.25) is 0 Å². The van der Waals surface area contributed by atoms with Crippen LogP contribution in [0.5, 0.6) is 11.6 Å². The van der Waals surface area contributed by atoms with Crippen LogP contribution in [0.3, 0.4) is 0 Å². The van der Waals surface area contributed by atoms with Crippen molar-refractivity contribution in [3.05, 3.63) is 28.6 Å². The fraction of sp³-hybridized carbons (Fsp3) is 0.444. The highest BCUT2D eigenvalue weighted by atomic mass is 35.5. The number of rotatable bonds is 4. The number of nitrogens with zero attached hydrogens (tertiary/aromatic N) is 6. The van der Waals surface area contributed by atoms with Crippen molar-refractivity contribution in [3.8, 4) is 11.6 Å². The Morgan fingerprint density at radius 3 is 2.71 bits per heavy atom. The Balaban J connectivity index is 1.62. The average Bonchev–Trinajstić information content (AvgIpc) is 3.01. The molecule has 148 valence electrons. The van der Waals surface area contributed by atoms with Crippen molar-refractivity contribution in [2.45, 2.75) is 19.8 Å². The second kappa shape index (κ2) is 7.35. The van der Waals surface area contributed by atoms with E-state index in [1.54, 1.807) is 24.0 Å². The molecule has 2 N–H and O–H groups in total. The standard InChI is InChI=1S/C18H21Cl2N7O/c1-18(10-21)4-7-27(8-5-18)12-9-23-14-16(24-12)26(2)25-17(14)28-11-3-6-22-15(20)13(11)19/h3,6,9H,4-5,7-8,10,21H2,1-2H3. The number of pyridine rings is 1. The minimum Gasteiger partial charge on any atom is -0.434 e. The Labute approximate surface area is 172 Å². The van der Waals surface area contributed by atoms with Crippen molar-refractivity contribution in [3.63, 3.8) is 0 Å². The van der Waals surface area contributed by atoms with Gasteiger partial charge < -0.3 is 15.4 Å². The van der Waals surface area contributed by atoms with Crippen molar-refractivity contribution in [2.24, 2.45) is 18.2 Å². The molecule has 3 aromatic rings. The Morgan fingerprint density at radius 1 is 1.25 bits per heavy atom. The molecular formula is C18H21Cl2N7O. The van der Waals surface area contributed by atoms with Crippen molar-refractivity contribution < 1.29 is 4.74 Å². The molecule has 0 spiro atoms. The van der Waals surface area contributed by atoms with Gasteiger partial charge in [-0.25, -0.2) is 19.6 Å². The molecule has 1 aliphatic rings. The molecule has 0 amide bonds. The molecule has 10 heteroatoms. The largest absolute Gasteiger partial charge is 0.434 e. The molecule has 1 aliphatic heterocycles. The number of ether oxygens (including phenoxy) is 1. The van der Waals surface area contributed by atoms with Crippen LogP contribution in [0.4, 0.5) is 5.82 Å². The van der Waals surface area contributed by atoms with Crippen LogP contribution in [-0.4, -0.2) is 44.4 Å². The van der Waals surface area contributed by atoms with Gasteiger partial charge in [-0.2, -0.15) is 0 Å². The van der Waals surface area contributed by atoms with Crippen LogP contribution in [-0.2, 0) is 7.05 Å². The molecular weight excluding hydrogens is 401 g/mol. The molecule has 3 aromatic heterocycles. The summed E-state index contributed by atoms with van der Waals surface area (Å²) < 4.78 is 7.48. The third-order valence-corrected chi connectivity index (χ3v) is 6.05. The van der Waals surface area contributed by atoms with Gasteiger partial charge in [-0.1, -0.05) is 30.1 Å². The summed E-state index contributed by atoms with van der Waals surface area (Å²) in [5.41, 5.74) is 7.30.